The van der Waals surface area contributed by atoms with Gasteiger partial charge in [0.1, 0.15) is 5.82 Å². The molecule has 2 aromatic carbocycles. The van der Waals surface area contributed by atoms with Gasteiger partial charge in [-0.05, 0) is 42.8 Å². The Balaban J connectivity index is 2.33. The summed E-state index contributed by atoms with van der Waals surface area (Å²) in [6.45, 7) is 1.54. The molecule has 0 atom stereocenters. The van der Waals surface area contributed by atoms with Crippen LogP contribution in [0.4, 0.5) is 17.6 Å². The van der Waals surface area contributed by atoms with Crippen molar-refractivity contribution in [2.45, 2.75) is 13.1 Å². The summed E-state index contributed by atoms with van der Waals surface area (Å²) in [4.78, 5) is 16.6. The Morgan fingerprint density at radius 3 is 2.50 bits per heavy atom. The van der Waals surface area contributed by atoms with Crippen molar-refractivity contribution in [1.29, 1.82) is 0 Å². The monoisotopic (exact) mass is 363 g/mol. The Labute approximate surface area is 146 Å². The second-order valence-electron chi connectivity index (χ2n) is 5.69. The summed E-state index contributed by atoms with van der Waals surface area (Å²) in [5, 5.41) is 0.241. The number of hydrogen-bond acceptors (Lipinski definition) is 3. The Hall–Kier alpha value is -2.96. The molecule has 0 saturated heterocycles. The van der Waals surface area contributed by atoms with Crippen LogP contribution in [0.5, 0.6) is 0 Å². The molecular formula is C19H13F4NO2. The number of aromatic nitrogens is 1. The minimum atomic E-state index is -4.50. The van der Waals surface area contributed by atoms with Crippen molar-refractivity contribution < 1.29 is 27.1 Å². The van der Waals surface area contributed by atoms with Crippen molar-refractivity contribution in [3.63, 3.8) is 0 Å². The predicted molar refractivity (Wildman–Crippen MR) is 88.2 cm³/mol. The van der Waals surface area contributed by atoms with Crippen molar-refractivity contribution in [2.24, 2.45) is 0 Å². The fraction of sp³-hybridized carbons (Fsp3) is 0.158. The smallest absolute Gasteiger partial charge is 0.416 e. The molecule has 1 heterocycles. The molecular weight excluding hydrogens is 350 g/mol. The highest BCUT2D eigenvalue weighted by atomic mass is 19.4. The average molecular weight is 363 g/mol. The second kappa shape index (κ2) is 6.40. The summed E-state index contributed by atoms with van der Waals surface area (Å²) in [6.07, 6.45) is -4.50. The molecule has 0 aliphatic heterocycles. The van der Waals surface area contributed by atoms with Gasteiger partial charge >= 0.3 is 12.1 Å². The number of methoxy groups -OCH3 is 1. The molecule has 1 aromatic heterocycles. The first kappa shape index (κ1) is 17.8. The number of ether oxygens (including phenoxy) is 1. The highest BCUT2D eigenvalue weighted by Gasteiger charge is 2.31. The lowest BCUT2D eigenvalue weighted by Crippen LogP contribution is -2.09. The molecule has 0 amide bonds. The van der Waals surface area contributed by atoms with E-state index in [4.69, 9.17) is 4.74 Å². The molecule has 3 rings (SSSR count). The first-order chi connectivity index (χ1) is 12.2. The highest BCUT2D eigenvalue weighted by Crippen LogP contribution is 2.35. The first-order valence-electron chi connectivity index (χ1n) is 7.58. The van der Waals surface area contributed by atoms with Crippen LogP contribution in [-0.4, -0.2) is 18.1 Å². The third-order valence-corrected chi connectivity index (χ3v) is 4.04. The fourth-order valence-corrected chi connectivity index (χ4v) is 2.82. The molecule has 7 heteroatoms. The van der Waals surface area contributed by atoms with Gasteiger partial charge in [0.25, 0.3) is 0 Å². The number of alkyl halides is 3. The number of rotatable bonds is 2. The Morgan fingerprint density at radius 2 is 1.85 bits per heavy atom. The van der Waals surface area contributed by atoms with Crippen LogP contribution in [0.2, 0.25) is 0 Å². The SMILES string of the molecule is COC(=O)c1c(C)c(-c2cccc(C(F)(F)F)c2)nc2ccc(F)cc12. The Bertz CT molecular complexity index is 1010. The molecule has 0 spiro atoms. The van der Waals surface area contributed by atoms with Gasteiger partial charge in [-0.2, -0.15) is 13.2 Å². The van der Waals surface area contributed by atoms with Gasteiger partial charge in [-0.25, -0.2) is 14.2 Å². The zero-order chi connectivity index (χ0) is 19.1. The molecule has 0 N–H and O–H groups in total. The van der Waals surface area contributed by atoms with Crippen molar-refractivity contribution in [3.05, 3.63) is 65.0 Å². The third kappa shape index (κ3) is 3.12. The van der Waals surface area contributed by atoms with E-state index >= 15 is 0 Å². The predicted octanol–water partition coefficient (Wildman–Crippen LogP) is 5.15. The minimum Gasteiger partial charge on any atom is -0.465 e. The Kier molecular flexibility index (Phi) is 4.39. The van der Waals surface area contributed by atoms with Gasteiger partial charge < -0.3 is 4.74 Å². The molecule has 26 heavy (non-hydrogen) atoms. The molecule has 3 nitrogen and oxygen atoms in total. The number of pyridine rings is 1. The van der Waals surface area contributed by atoms with Crippen LogP contribution in [0.25, 0.3) is 22.2 Å². The lowest BCUT2D eigenvalue weighted by atomic mass is 9.96. The molecule has 0 aliphatic rings. The van der Waals surface area contributed by atoms with E-state index < -0.39 is 23.5 Å². The number of nitrogens with zero attached hydrogens (tertiary/aromatic N) is 1. The van der Waals surface area contributed by atoms with E-state index in [2.05, 4.69) is 4.98 Å². The normalized spacial score (nSPS) is 11.6. The van der Waals surface area contributed by atoms with Crippen LogP contribution in [-0.2, 0) is 10.9 Å². The summed E-state index contributed by atoms with van der Waals surface area (Å²) in [5.74, 6) is -1.27. The molecule has 3 aromatic rings. The number of hydrogen-bond donors (Lipinski definition) is 0. The lowest BCUT2D eigenvalue weighted by molar-refractivity contribution is -0.137. The molecule has 0 saturated carbocycles. The van der Waals surface area contributed by atoms with Crippen molar-refractivity contribution >= 4 is 16.9 Å². The van der Waals surface area contributed by atoms with E-state index in [1.165, 1.54) is 31.4 Å². The second-order valence-corrected chi connectivity index (χ2v) is 5.69. The molecule has 0 unspecified atom stereocenters. The van der Waals surface area contributed by atoms with E-state index in [9.17, 15) is 22.4 Å². The topological polar surface area (TPSA) is 39.2 Å². The third-order valence-electron chi connectivity index (χ3n) is 4.04. The largest absolute Gasteiger partial charge is 0.465 e. The summed E-state index contributed by atoms with van der Waals surface area (Å²) >= 11 is 0. The van der Waals surface area contributed by atoms with Gasteiger partial charge in [-0.1, -0.05) is 12.1 Å². The highest BCUT2D eigenvalue weighted by molar-refractivity contribution is 6.06. The number of esters is 1. The lowest BCUT2D eigenvalue weighted by Gasteiger charge is -2.14. The summed E-state index contributed by atoms with van der Waals surface area (Å²) in [5.41, 5.74) is 0.253. The van der Waals surface area contributed by atoms with Crippen LogP contribution < -0.4 is 0 Å². The van der Waals surface area contributed by atoms with E-state index in [0.717, 1.165) is 18.2 Å². The van der Waals surface area contributed by atoms with Crippen LogP contribution in [0.1, 0.15) is 21.5 Å². The zero-order valence-electron chi connectivity index (χ0n) is 13.8. The summed E-state index contributed by atoms with van der Waals surface area (Å²) in [7, 11) is 1.18. The quantitative estimate of drug-likeness (QED) is 0.467. The molecule has 0 fully saturated rings. The van der Waals surface area contributed by atoms with Gasteiger partial charge in [0, 0.05) is 10.9 Å². The van der Waals surface area contributed by atoms with Gasteiger partial charge in [0.05, 0.1) is 29.4 Å². The molecule has 0 aliphatic carbocycles. The average Bonchev–Trinajstić information content (AvgIpc) is 2.60. The van der Waals surface area contributed by atoms with Crippen LogP contribution >= 0.6 is 0 Å². The van der Waals surface area contributed by atoms with Gasteiger partial charge in [0.2, 0.25) is 0 Å². The first-order valence-corrected chi connectivity index (χ1v) is 7.58. The zero-order valence-corrected chi connectivity index (χ0v) is 13.8. The van der Waals surface area contributed by atoms with Gasteiger partial charge in [-0.15, -0.1) is 0 Å². The molecule has 0 bridgehead atoms. The maximum atomic E-state index is 13.6. The molecule has 134 valence electrons. The van der Waals surface area contributed by atoms with Crippen molar-refractivity contribution in [1.82, 2.24) is 4.98 Å². The standard InChI is InChI=1S/C19H13F4NO2/c1-10-16(18(25)26-2)14-9-13(20)6-7-15(14)24-17(10)11-4-3-5-12(8-11)19(21,22)23/h3-9H,1-2H3. The van der Waals surface area contributed by atoms with Crippen molar-refractivity contribution in [2.75, 3.05) is 7.11 Å². The van der Waals surface area contributed by atoms with Crippen LogP contribution in [0, 0.1) is 12.7 Å². The number of benzene rings is 2. The number of carbonyl (C=O) groups is 1. The fourth-order valence-electron chi connectivity index (χ4n) is 2.82. The summed E-state index contributed by atoms with van der Waals surface area (Å²) < 4.78 is 57.4. The van der Waals surface area contributed by atoms with Crippen molar-refractivity contribution in [3.8, 4) is 11.3 Å². The van der Waals surface area contributed by atoms with Crippen LogP contribution in [0.15, 0.2) is 42.5 Å². The van der Waals surface area contributed by atoms with Gasteiger partial charge in [0.15, 0.2) is 0 Å². The van der Waals surface area contributed by atoms with E-state index in [-0.39, 0.29) is 27.7 Å². The van der Waals surface area contributed by atoms with E-state index in [1.807, 2.05) is 0 Å². The summed E-state index contributed by atoms with van der Waals surface area (Å²) in [6, 6.07) is 8.35. The number of carbonyl (C=O) groups excluding carboxylic acids is 1. The minimum absolute atomic E-state index is 0.0735. The van der Waals surface area contributed by atoms with E-state index in [1.54, 1.807) is 6.92 Å². The maximum Gasteiger partial charge on any atom is 0.416 e. The van der Waals surface area contributed by atoms with Crippen LogP contribution in [0.3, 0.4) is 0 Å². The Morgan fingerprint density at radius 1 is 1.12 bits per heavy atom. The van der Waals surface area contributed by atoms with Gasteiger partial charge in [-0.3, -0.25) is 0 Å². The molecule has 0 radical (unpaired) electrons. The maximum absolute atomic E-state index is 13.6. The number of halogens is 4. The van der Waals surface area contributed by atoms with E-state index in [0.29, 0.717) is 5.56 Å². The number of fused-ring (bicyclic) bond motifs is 1.